The third-order valence-electron chi connectivity index (χ3n) is 5.23. The maximum Gasteiger partial charge on any atom is 0.309 e. The first kappa shape index (κ1) is 14.4. The van der Waals surface area contributed by atoms with Crippen LogP contribution >= 0.6 is 0 Å². The number of rotatable bonds is 4. The highest BCUT2D eigenvalue weighted by atomic mass is 16.6. The Morgan fingerprint density at radius 3 is 2.74 bits per heavy atom. The summed E-state index contributed by atoms with van der Waals surface area (Å²) >= 11 is 0. The Labute approximate surface area is 116 Å². The van der Waals surface area contributed by atoms with E-state index < -0.39 is 5.60 Å². The van der Waals surface area contributed by atoms with Gasteiger partial charge in [-0.25, -0.2) is 0 Å². The summed E-state index contributed by atoms with van der Waals surface area (Å²) in [5, 5.41) is 0. The van der Waals surface area contributed by atoms with Crippen molar-refractivity contribution in [3.05, 3.63) is 24.8 Å². The first-order chi connectivity index (χ1) is 8.92. The molecule has 0 unspecified atom stereocenters. The van der Waals surface area contributed by atoms with Crippen LogP contribution in [0, 0.1) is 23.7 Å². The number of carbonyl (C=O) groups is 1. The molecule has 2 heteroatoms. The fourth-order valence-corrected chi connectivity index (χ4v) is 4.07. The third-order valence-corrected chi connectivity index (χ3v) is 5.23. The Kier molecular flexibility index (Phi) is 3.89. The number of esters is 1. The Morgan fingerprint density at radius 1 is 1.47 bits per heavy atom. The summed E-state index contributed by atoms with van der Waals surface area (Å²) in [4.78, 5) is 12.0. The maximum atomic E-state index is 12.0. The van der Waals surface area contributed by atoms with Crippen molar-refractivity contribution in [1.29, 1.82) is 0 Å². The molecule has 0 aromatic rings. The average molecular weight is 262 g/mol. The van der Waals surface area contributed by atoms with Crippen LogP contribution in [0.5, 0.6) is 0 Å². The molecule has 0 bridgehead atoms. The minimum Gasteiger partial charge on any atom is -0.454 e. The lowest BCUT2D eigenvalue weighted by atomic mass is 9.61. The van der Waals surface area contributed by atoms with Gasteiger partial charge in [0.2, 0.25) is 0 Å². The van der Waals surface area contributed by atoms with Gasteiger partial charge in [-0.2, -0.15) is 0 Å². The average Bonchev–Trinajstić information content (AvgIpc) is 2.61. The molecule has 106 valence electrons. The second-order valence-corrected chi connectivity index (χ2v) is 6.53. The zero-order valence-corrected chi connectivity index (χ0v) is 12.4. The van der Waals surface area contributed by atoms with Crippen LogP contribution in [0.15, 0.2) is 24.8 Å². The molecular formula is C17H26O2. The minimum atomic E-state index is -0.427. The van der Waals surface area contributed by atoms with Crippen molar-refractivity contribution in [3.8, 4) is 0 Å². The van der Waals surface area contributed by atoms with Crippen molar-refractivity contribution < 1.29 is 9.53 Å². The second kappa shape index (κ2) is 5.15. The Bertz CT molecular complexity index is 398. The Balaban J connectivity index is 2.29. The fraction of sp³-hybridized carbons (Fsp3) is 0.706. The lowest BCUT2D eigenvalue weighted by molar-refractivity contribution is -0.154. The molecular weight excluding hydrogens is 236 g/mol. The summed E-state index contributed by atoms with van der Waals surface area (Å²) in [5.41, 5.74) is 0.773. The maximum absolute atomic E-state index is 12.0. The van der Waals surface area contributed by atoms with Crippen molar-refractivity contribution in [2.24, 2.45) is 23.7 Å². The topological polar surface area (TPSA) is 26.3 Å². The van der Waals surface area contributed by atoms with Crippen LogP contribution in [0.1, 0.15) is 46.5 Å². The number of fused-ring (bicyclic) bond motifs is 1. The van der Waals surface area contributed by atoms with E-state index in [4.69, 9.17) is 4.74 Å². The number of hydrogen-bond donors (Lipinski definition) is 0. The molecule has 19 heavy (non-hydrogen) atoms. The molecule has 0 N–H and O–H groups in total. The standard InChI is InChI=1S/C17H26O2/c1-6-17-14(9-7-11(2)3)12(4)8-10-15(17)13(5)16(18)19-17/h6,12-15H,1-2,7-10H2,3-5H3/t12-,13-,14+,15+,17+/m1/s1. The third kappa shape index (κ3) is 2.26. The molecule has 2 rings (SSSR count). The molecule has 1 saturated carbocycles. The van der Waals surface area contributed by atoms with Gasteiger partial charge in [0, 0.05) is 11.8 Å². The molecule has 5 atom stereocenters. The molecule has 2 aliphatic rings. The first-order valence-electron chi connectivity index (χ1n) is 7.43. The largest absolute Gasteiger partial charge is 0.454 e. The molecule has 2 fully saturated rings. The zero-order valence-electron chi connectivity index (χ0n) is 12.4. The normalized spacial score (nSPS) is 41.5. The van der Waals surface area contributed by atoms with Gasteiger partial charge in [0.1, 0.15) is 5.60 Å². The molecule has 2 nitrogen and oxygen atoms in total. The second-order valence-electron chi connectivity index (χ2n) is 6.53. The summed E-state index contributed by atoms with van der Waals surface area (Å²) in [5.74, 6) is 1.24. The van der Waals surface area contributed by atoms with Crippen LogP contribution in [0.25, 0.3) is 0 Å². The Morgan fingerprint density at radius 2 is 2.16 bits per heavy atom. The molecule has 0 spiro atoms. The number of allylic oxidation sites excluding steroid dienone is 1. The van der Waals surface area contributed by atoms with Crippen LogP contribution in [0.3, 0.4) is 0 Å². The van der Waals surface area contributed by atoms with Gasteiger partial charge >= 0.3 is 5.97 Å². The van der Waals surface area contributed by atoms with Crippen LogP contribution in [-0.2, 0) is 9.53 Å². The Hall–Kier alpha value is -1.05. The van der Waals surface area contributed by atoms with Gasteiger partial charge in [-0.1, -0.05) is 26.0 Å². The highest BCUT2D eigenvalue weighted by molar-refractivity contribution is 5.76. The fourth-order valence-electron chi connectivity index (χ4n) is 4.07. The summed E-state index contributed by atoms with van der Waals surface area (Å²) in [6.45, 7) is 14.3. The van der Waals surface area contributed by atoms with E-state index in [1.165, 1.54) is 12.0 Å². The van der Waals surface area contributed by atoms with Gasteiger partial charge in [0.15, 0.2) is 0 Å². The van der Waals surface area contributed by atoms with Crippen molar-refractivity contribution in [3.63, 3.8) is 0 Å². The molecule has 1 aliphatic carbocycles. The first-order valence-corrected chi connectivity index (χ1v) is 7.43. The molecule has 0 radical (unpaired) electrons. The minimum absolute atomic E-state index is 0.0119. The molecule has 1 aliphatic heterocycles. The van der Waals surface area contributed by atoms with Crippen LogP contribution < -0.4 is 0 Å². The number of carbonyl (C=O) groups excluding carboxylic acids is 1. The molecule has 0 amide bonds. The summed E-state index contributed by atoms with van der Waals surface area (Å²) in [6.07, 6.45) is 6.21. The van der Waals surface area contributed by atoms with Crippen molar-refractivity contribution >= 4 is 5.97 Å². The molecule has 0 aromatic heterocycles. The number of ether oxygens (including phenoxy) is 1. The molecule has 1 saturated heterocycles. The summed E-state index contributed by atoms with van der Waals surface area (Å²) in [7, 11) is 0. The van der Waals surface area contributed by atoms with Gasteiger partial charge in [0.05, 0.1) is 5.92 Å². The monoisotopic (exact) mass is 262 g/mol. The van der Waals surface area contributed by atoms with E-state index in [0.29, 0.717) is 17.8 Å². The van der Waals surface area contributed by atoms with Gasteiger partial charge in [-0.15, -0.1) is 6.58 Å². The molecule has 0 aromatic carbocycles. The van der Waals surface area contributed by atoms with Gasteiger partial charge in [0.25, 0.3) is 0 Å². The van der Waals surface area contributed by atoms with Crippen LogP contribution in [0.2, 0.25) is 0 Å². The zero-order chi connectivity index (χ0) is 14.2. The summed E-state index contributed by atoms with van der Waals surface area (Å²) < 4.78 is 5.84. The van der Waals surface area contributed by atoms with Crippen molar-refractivity contribution in [2.75, 3.05) is 0 Å². The van der Waals surface area contributed by atoms with E-state index in [1.807, 2.05) is 13.0 Å². The van der Waals surface area contributed by atoms with E-state index in [0.717, 1.165) is 19.3 Å². The predicted molar refractivity (Wildman–Crippen MR) is 77.6 cm³/mol. The number of hydrogen-bond acceptors (Lipinski definition) is 2. The van der Waals surface area contributed by atoms with Crippen molar-refractivity contribution in [1.82, 2.24) is 0 Å². The van der Waals surface area contributed by atoms with Crippen LogP contribution in [-0.4, -0.2) is 11.6 Å². The van der Waals surface area contributed by atoms with E-state index in [9.17, 15) is 4.79 Å². The highest BCUT2D eigenvalue weighted by Crippen LogP contribution is 2.54. The van der Waals surface area contributed by atoms with E-state index in [1.54, 1.807) is 0 Å². The van der Waals surface area contributed by atoms with E-state index >= 15 is 0 Å². The smallest absolute Gasteiger partial charge is 0.309 e. The van der Waals surface area contributed by atoms with Crippen molar-refractivity contribution in [2.45, 2.75) is 52.1 Å². The summed E-state index contributed by atoms with van der Waals surface area (Å²) in [6, 6.07) is 0. The quantitative estimate of drug-likeness (QED) is 0.562. The van der Waals surface area contributed by atoms with Gasteiger partial charge in [-0.3, -0.25) is 4.79 Å². The molecule has 1 heterocycles. The lowest BCUT2D eigenvalue weighted by Gasteiger charge is -2.46. The van der Waals surface area contributed by atoms with E-state index in [2.05, 4.69) is 27.0 Å². The lowest BCUT2D eigenvalue weighted by Crippen LogP contribution is -2.48. The highest BCUT2D eigenvalue weighted by Gasteiger charge is 2.58. The van der Waals surface area contributed by atoms with E-state index in [-0.39, 0.29) is 11.9 Å². The SMILES string of the molecule is C=C[C@@]12OC(=O)[C@H](C)[C@@H]1CC[C@@H](C)[C@@H]2CCC(=C)C. The predicted octanol–water partition coefficient (Wildman–Crippen LogP) is 4.12. The van der Waals surface area contributed by atoms with Gasteiger partial charge < -0.3 is 4.74 Å². The van der Waals surface area contributed by atoms with Gasteiger partial charge in [-0.05, 0) is 44.6 Å². The van der Waals surface area contributed by atoms with Crippen LogP contribution in [0.4, 0.5) is 0 Å².